The minimum atomic E-state index is 0.470. The Morgan fingerprint density at radius 2 is 2.00 bits per heavy atom. The molecule has 0 heterocycles. The zero-order valence-electron chi connectivity index (χ0n) is 8.00. The van der Waals surface area contributed by atoms with Crippen LogP contribution in [0.3, 0.4) is 0 Å². The van der Waals surface area contributed by atoms with Gasteiger partial charge in [-0.2, -0.15) is 0 Å². The molecule has 0 aliphatic rings. The maximum atomic E-state index is 10.4. The number of hydrogen-bond acceptors (Lipinski definition) is 3. The van der Waals surface area contributed by atoms with E-state index < -0.39 is 0 Å². The van der Waals surface area contributed by atoms with Crippen LogP contribution in [0.5, 0.6) is 0 Å². The van der Waals surface area contributed by atoms with E-state index in [0.717, 1.165) is 29.7 Å². The Bertz CT molecular complexity index is 321. The number of hydrogen-bond donors (Lipinski definition) is 1. The lowest BCUT2D eigenvalue weighted by atomic mass is 10.0. The number of nitrogens with two attached hydrogens (primary N) is 1. The van der Waals surface area contributed by atoms with Gasteiger partial charge in [0.05, 0.1) is 0 Å². The van der Waals surface area contributed by atoms with Crippen LogP contribution in [-0.4, -0.2) is 0 Å². The molecule has 0 unspecified atom stereocenters. The number of aryl methyl sites for hydroxylation is 1. The van der Waals surface area contributed by atoms with E-state index in [1.54, 1.807) is 6.07 Å². The van der Waals surface area contributed by atoms with Gasteiger partial charge in [0.25, 0.3) is 0 Å². The Balaban J connectivity index is 3.31. The van der Waals surface area contributed by atoms with Crippen molar-refractivity contribution in [2.45, 2.75) is 26.7 Å². The van der Waals surface area contributed by atoms with Crippen LogP contribution in [0.15, 0.2) is 17.3 Å². The van der Waals surface area contributed by atoms with Crippen LogP contribution < -0.4 is 5.73 Å². The first kappa shape index (κ1) is 9.71. The molecule has 0 saturated heterocycles. The highest BCUT2D eigenvalue weighted by Crippen LogP contribution is 2.28. The fourth-order valence-electron chi connectivity index (χ4n) is 1.47. The van der Waals surface area contributed by atoms with Crippen molar-refractivity contribution in [1.29, 1.82) is 0 Å². The second-order valence-corrected chi connectivity index (χ2v) is 2.93. The lowest BCUT2D eigenvalue weighted by Gasteiger charge is -2.09. The van der Waals surface area contributed by atoms with Gasteiger partial charge in [0.2, 0.25) is 0 Å². The van der Waals surface area contributed by atoms with Crippen LogP contribution in [0.25, 0.3) is 0 Å². The summed E-state index contributed by atoms with van der Waals surface area (Å²) in [5.74, 6) is 0. The molecule has 0 bridgehead atoms. The fourth-order valence-corrected chi connectivity index (χ4v) is 1.47. The van der Waals surface area contributed by atoms with Crippen LogP contribution in [0.2, 0.25) is 0 Å². The smallest absolute Gasteiger partial charge is 0.113 e. The summed E-state index contributed by atoms with van der Waals surface area (Å²) in [6, 6.07) is 3.60. The van der Waals surface area contributed by atoms with Crippen molar-refractivity contribution in [2.75, 3.05) is 5.73 Å². The quantitative estimate of drug-likeness (QED) is 0.571. The number of rotatable bonds is 3. The second kappa shape index (κ2) is 4.03. The number of nitroso groups, excluding NO2 is 1. The zero-order chi connectivity index (χ0) is 9.84. The van der Waals surface area contributed by atoms with Crippen LogP contribution in [0.4, 0.5) is 11.4 Å². The van der Waals surface area contributed by atoms with Gasteiger partial charge in [-0.25, -0.2) is 0 Å². The summed E-state index contributed by atoms with van der Waals surface area (Å²) in [4.78, 5) is 10.4. The minimum absolute atomic E-state index is 0.470. The van der Waals surface area contributed by atoms with E-state index in [-0.39, 0.29) is 0 Å². The summed E-state index contributed by atoms with van der Waals surface area (Å²) < 4.78 is 0. The molecule has 0 atom stereocenters. The van der Waals surface area contributed by atoms with Gasteiger partial charge in [0, 0.05) is 11.3 Å². The molecule has 0 spiro atoms. The van der Waals surface area contributed by atoms with Crippen LogP contribution >= 0.6 is 0 Å². The third kappa shape index (κ3) is 1.69. The van der Waals surface area contributed by atoms with Gasteiger partial charge < -0.3 is 5.73 Å². The molecule has 70 valence electrons. The second-order valence-electron chi connectivity index (χ2n) is 2.93. The average Bonchev–Trinajstić information content (AvgIpc) is 2.17. The predicted octanol–water partition coefficient (Wildman–Crippen LogP) is 2.79. The van der Waals surface area contributed by atoms with Gasteiger partial charge in [-0.1, -0.05) is 19.9 Å². The van der Waals surface area contributed by atoms with Crippen molar-refractivity contribution in [3.8, 4) is 0 Å². The van der Waals surface area contributed by atoms with Crippen LogP contribution in [-0.2, 0) is 12.8 Å². The van der Waals surface area contributed by atoms with Gasteiger partial charge >= 0.3 is 0 Å². The molecule has 0 fully saturated rings. The summed E-state index contributed by atoms with van der Waals surface area (Å²) in [5, 5.41) is 2.95. The molecule has 0 aromatic heterocycles. The highest BCUT2D eigenvalue weighted by atomic mass is 16.3. The van der Waals surface area contributed by atoms with Gasteiger partial charge in [-0.3, -0.25) is 0 Å². The molecule has 2 N–H and O–H groups in total. The van der Waals surface area contributed by atoms with Crippen LogP contribution in [0.1, 0.15) is 25.0 Å². The van der Waals surface area contributed by atoms with Gasteiger partial charge in [-0.15, -0.1) is 4.91 Å². The molecule has 1 aromatic rings. The highest BCUT2D eigenvalue weighted by molar-refractivity contribution is 5.64. The molecule has 0 radical (unpaired) electrons. The SMILES string of the molecule is CCc1ccc(N=O)c(CC)c1N. The highest BCUT2D eigenvalue weighted by Gasteiger charge is 2.08. The van der Waals surface area contributed by atoms with Crippen molar-refractivity contribution in [3.63, 3.8) is 0 Å². The van der Waals surface area contributed by atoms with E-state index in [2.05, 4.69) is 5.18 Å². The molecule has 1 rings (SSSR count). The lowest BCUT2D eigenvalue weighted by molar-refractivity contribution is 1.09. The normalized spacial score (nSPS) is 10.0. The molecular formula is C10H14N2O. The summed E-state index contributed by atoms with van der Waals surface area (Å²) in [6.07, 6.45) is 1.64. The lowest BCUT2D eigenvalue weighted by Crippen LogP contribution is -1.98. The van der Waals surface area contributed by atoms with Gasteiger partial charge in [-0.05, 0) is 29.6 Å². The molecule has 3 nitrogen and oxygen atoms in total. The summed E-state index contributed by atoms with van der Waals surface area (Å²) in [5.41, 5.74) is 9.03. The molecule has 1 aromatic carbocycles. The standard InChI is InChI=1S/C10H14N2O/c1-3-7-5-6-9(12-13)8(4-2)10(7)11/h5-6H,3-4,11H2,1-2H3. The summed E-state index contributed by atoms with van der Waals surface area (Å²) >= 11 is 0. The predicted molar refractivity (Wildman–Crippen MR) is 55.1 cm³/mol. The molecule has 3 heteroatoms. The number of benzene rings is 1. The van der Waals surface area contributed by atoms with E-state index in [0.29, 0.717) is 5.69 Å². The summed E-state index contributed by atoms with van der Waals surface area (Å²) in [7, 11) is 0. The van der Waals surface area contributed by atoms with E-state index in [9.17, 15) is 4.91 Å². The Morgan fingerprint density at radius 1 is 1.31 bits per heavy atom. The molecular weight excluding hydrogens is 164 g/mol. The Hall–Kier alpha value is -1.38. The number of nitrogen functional groups attached to an aromatic ring is 1. The van der Waals surface area contributed by atoms with Crippen molar-refractivity contribution in [1.82, 2.24) is 0 Å². The van der Waals surface area contributed by atoms with Gasteiger partial charge in [0.15, 0.2) is 0 Å². The topological polar surface area (TPSA) is 55.5 Å². The number of nitrogens with zero attached hydrogens (tertiary/aromatic N) is 1. The summed E-state index contributed by atoms with van der Waals surface area (Å²) in [6.45, 7) is 4.01. The van der Waals surface area contributed by atoms with E-state index in [1.165, 1.54) is 0 Å². The van der Waals surface area contributed by atoms with E-state index >= 15 is 0 Å². The minimum Gasteiger partial charge on any atom is -0.398 e. The van der Waals surface area contributed by atoms with E-state index in [1.807, 2.05) is 19.9 Å². The third-order valence-corrected chi connectivity index (χ3v) is 2.26. The van der Waals surface area contributed by atoms with E-state index in [4.69, 9.17) is 5.73 Å². The molecule has 0 amide bonds. The number of anilines is 1. The van der Waals surface area contributed by atoms with Crippen LogP contribution in [0, 0.1) is 4.91 Å². The van der Waals surface area contributed by atoms with Crippen molar-refractivity contribution in [2.24, 2.45) is 5.18 Å². The Labute approximate surface area is 77.9 Å². The Morgan fingerprint density at radius 3 is 2.46 bits per heavy atom. The molecule has 0 aliphatic heterocycles. The first-order chi connectivity index (χ1) is 6.24. The zero-order valence-corrected chi connectivity index (χ0v) is 8.00. The average molecular weight is 178 g/mol. The maximum Gasteiger partial charge on any atom is 0.113 e. The first-order valence-corrected chi connectivity index (χ1v) is 4.48. The third-order valence-electron chi connectivity index (χ3n) is 2.26. The molecule has 0 saturated carbocycles. The van der Waals surface area contributed by atoms with Crippen molar-refractivity contribution >= 4 is 11.4 Å². The van der Waals surface area contributed by atoms with Gasteiger partial charge in [0.1, 0.15) is 5.69 Å². The monoisotopic (exact) mass is 178 g/mol. The fraction of sp³-hybridized carbons (Fsp3) is 0.400. The molecule has 13 heavy (non-hydrogen) atoms. The first-order valence-electron chi connectivity index (χ1n) is 4.48. The largest absolute Gasteiger partial charge is 0.398 e. The Kier molecular flexibility index (Phi) is 3.01. The maximum absolute atomic E-state index is 10.4. The van der Waals surface area contributed by atoms with Crippen molar-refractivity contribution < 1.29 is 0 Å². The molecule has 0 aliphatic carbocycles. The van der Waals surface area contributed by atoms with Crippen molar-refractivity contribution in [3.05, 3.63) is 28.2 Å².